The largest absolute Gasteiger partial charge is 0.352 e. The molecule has 44 heavy (non-hydrogen) atoms. The molecule has 4 aromatic rings. The van der Waals surface area contributed by atoms with Crippen molar-refractivity contribution in [3.8, 4) is 0 Å². The Labute approximate surface area is 259 Å². The van der Waals surface area contributed by atoms with E-state index in [1.807, 2.05) is 81.4 Å². The molecule has 1 N–H and O–H groups in total. The maximum atomic E-state index is 14.4. The first-order valence-electron chi connectivity index (χ1n) is 14.6. The number of aryl methyl sites for hydroxylation is 1. The molecule has 4 aromatic carbocycles. The maximum Gasteiger partial charge on any atom is 0.264 e. The zero-order valence-electron chi connectivity index (χ0n) is 25.2. The van der Waals surface area contributed by atoms with E-state index in [2.05, 4.69) is 5.32 Å². The van der Waals surface area contributed by atoms with E-state index in [1.165, 1.54) is 29.2 Å². The molecule has 0 bridgehead atoms. The fourth-order valence-electron chi connectivity index (χ4n) is 4.75. The Morgan fingerprint density at radius 3 is 1.95 bits per heavy atom. The molecule has 0 aliphatic heterocycles. The van der Waals surface area contributed by atoms with Crippen molar-refractivity contribution in [2.75, 3.05) is 10.8 Å². The van der Waals surface area contributed by atoms with Crippen LogP contribution >= 0.6 is 0 Å². The summed E-state index contributed by atoms with van der Waals surface area (Å²) in [6.07, 6.45) is 0.923. The van der Waals surface area contributed by atoms with Crippen molar-refractivity contribution < 1.29 is 22.4 Å². The topological polar surface area (TPSA) is 86.8 Å². The summed E-state index contributed by atoms with van der Waals surface area (Å²) in [4.78, 5) is 29.6. The summed E-state index contributed by atoms with van der Waals surface area (Å²) in [5.41, 5.74) is 2.64. The van der Waals surface area contributed by atoms with Gasteiger partial charge in [-0.2, -0.15) is 0 Å². The quantitative estimate of drug-likeness (QED) is 0.203. The molecule has 230 valence electrons. The van der Waals surface area contributed by atoms with Crippen LogP contribution in [0.3, 0.4) is 0 Å². The smallest absolute Gasteiger partial charge is 0.264 e. The summed E-state index contributed by atoms with van der Waals surface area (Å²) in [5, 5.41) is 3.02. The highest BCUT2D eigenvalue weighted by Gasteiger charge is 2.35. The van der Waals surface area contributed by atoms with E-state index < -0.39 is 34.3 Å². The molecule has 0 aliphatic carbocycles. The van der Waals surface area contributed by atoms with Crippen LogP contribution in [0.5, 0.6) is 0 Å². The summed E-state index contributed by atoms with van der Waals surface area (Å²) in [6.45, 7) is 5.17. The monoisotopic (exact) mass is 615 g/mol. The Kier molecular flexibility index (Phi) is 10.9. The fraction of sp³-hybridized carbons (Fsp3) is 0.257. The number of halogens is 1. The summed E-state index contributed by atoms with van der Waals surface area (Å²) in [5.74, 6) is -1.44. The van der Waals surface area contributed by atoms with Crippen molar-refractivity contribution in [2.24, 2.45) is 0 Å². The number of hydrogen-bond donors (Lipinski definition) is 1. The second kappa shape index (κ2) is 14.8. The highest BCUT2D eigenvalue weighted by molar-refractivity contribution is 7.92. The second-order valence-corrected chi connectivity index (χ2v) is 12.7. The van der Waals surface area contributed by atoms with E-state index in [4.69, 9.17) is 0 Å². The number of carbonyl (C=O) groups is 2. The van der Waals surface area contributed by atoms with Crippen LogP contribution < -0.4 is 9.62 Å². The van der Waals surface area contributed by atoms with Crippen LogP contribution in [0.4, 0.5) is 10.1 Å². The molecule has 0 saturated carbocycles. The standard InChI is InChI=1S/C35H38FN3O4S/c1-4-27(3)37-35(41)33(23-28-11-7-5-8-12-28)38(24-29-13-9-6-10-14-29)34(40)25-39(31-19-17-30(36)18-20-31)44(42,43)32-21-15-26(2)16-22-32/h5-22,27,33H,4,23-25H2,1-3H3,(H,37,41)/t27-,33+/m0/s1. The first-order chi connectivity index (χ1) is 21.1. The third kappa shape index (κ3) is 8.32. The van der Waals surface area contributed by atoms with Crippen LogP contribution in [0.25, 0.3) is 0 Å². The molecule has 0 radical (unpaired) electrons. The summed E-state index contributed by atoms with van der Waals surface area (Å²) in [6, 6.07) is 28.8. The van der Waals surface area contributed by atoms with E-state index >= 15 is 0 Å². The molecule has 0 saturated heterocycles. The number of sulfonamides is 1. The van der Waals surface area contributed by atoms with E-state index in [1.54, 1.807) is 12.1 Å². The number of nitrogens with one attached hydrogen (secondary N) is 1. The molecule has 0 aliphatic rings. The minimum atomic E-state index is -4.25. The number of hydrogen-bond acceptors (Lipinski definition) is 4. The third-order valence-electron chi connectivity index (χ3n) is 7.47. The lowest BCUT2D eigenvalue weighted by Crippen LogP contribution is -2.54. The Hall–Kier alpha value is -4.50. The molecular weight excluding hydrogens is 577 g/mol. The van der Waals surface area contributed by atoms with Crippen LogP contribution in [0.15, 0.2) is 114 Å². The van der Waals surface area contributed by atoms with Gasteiger partial charge in [-0.25, -0.2) is 12.8 Å². The average molecular weight is 616 g/mol. The molecule has 0 fully saturated rings. The normalized spacial score (nSPS) is 12.6. The van der Waals surface area contributed by atoms with Gasteiger partial charge >= 0.3 is 0 Å². The lowest BCUT2D eigenvalue weighted by Gasteiger charge is -2.34. The molecule has 0 unspecified atom stereocenters. The predicted octanol–water partition coefficient (Wildman–Crippen LogP) is 5.88. The predicted molar refractivity (Wildman–Crippen MR) is 171 cm³/mol. The first kappa shape index (κ1) is 32.4. The van der Waals surface area contributed by atoms with E-state index in [0.29, 0.717) is 6.42 Å². The number of carbonyl (C=O) groups excluding carboxylic acids is 2. The molecular formula is C35H38FN3O4S. The first-order valence-corrected chi connectivity index (χ1v) is 16.0. The van der Waals surface area contributed by atoms with Gasteiger partial charge in [0.05, 0.1) is 10.6 Å². The van der Waals surface area contributed by atoms with Gasteiger partial charge in [-0.15, -0.1) is 0 Å². The Balaban J connectivity index is 1.79. The van der Waals surface area contributed by atoms with Crippen molar-refractivity contribution in [1.29, 1.82) is 0 Å². The molecule has 0 heterocycles. The molecule has 2 atom stereocenters. The minimum absolute atomic E-state index is 0.00909. The average Bonchev–Trinajstić information content (AvgIpc) is 3.03. The molecule has 7 nitrogen and oxygen atoms in total. The molecule has 0 spiro atoms. The van der Waals surface area contributed by atoms with Gasteiger partial charge in [-0.1, -0.05) is 85.3 Å². The molecule has 0 aromatic heterocycles. The van der Waals surface area contributed by atoms with Gasteiger partial charge in [-0.05, 0) is 67.8 Å². The van der Waals surface area contributed by atoms with Gasteiger partial charge in [-0.3, -0.25) is 13.9 Å². The fourth-order valence-corrected chi connectivity index (χ4v) is 6.16. The molecule has 9 heteroatoms. The van der Waals surface area contributed by atoms with Gasteiger partial charge < -0.3 is 10.2 Å². The minimum Gasteiger partial charge on any atom is -0.352 e. The summed E-state index contributed by atoms with van der Waals surface area (Å²) < 4.78 is 42.9. The van der Waals surface area contributed by atoms with Gasteiger partial charge in [0, 0.05) is 19.0 Å². The molecule has 4 rings (SSSR count). The van der Waals surface area contributed by atoms with Crippen molar-refractivity contribution in [1.82, 2.24) is 10.2 Å². The van der Waals surface area contributed by atoms with Crippen LogP contribution in [0, 0.1) is 12.7 Å². The summed E-state index contributed by atoms with van der Waals surface area (Å²) in [7, 11) is -4.25. The number of amides is 2. The van der Waals surface area contributed by atoms with Gasteiger partial charge in [0.15, 0.2) is 0 Å². The van der Waals surface area contributed by atoms with E-state index in [-0.39, 0.29) is 35.5 Å². The van der Waals surface area contributed by atoms with E-state index in [9.17, 15) is 22.4 Å². The van der Waals surface area contributed by atoms with Crippen LogP contribution in [0.2, 0.25) is 0 Å². The number of rotatable bonds is 13. The van der Waals surface area contributed by atoms with Crippen LogP contribution in [0.1, 0.15) is 37.0 Å². The number of anilines is 1. The zero-order chi connectivity index (χ0) is 31.7. The van der Waals surface area contributed by atoms with Crippen molar-refractivity contribution in [3.05, 3.63) is 132 Å². The Bertz CT molecular complexity index is 1630. The van der Waals surface area contributed by atoms with E-state index in [0.717, 1.165) is 33.1 Å². The highest BCUT2D eigenvalue weighted by Crippen LogP contribution is 2.26. The van der Waals surface area contributed by atoms with Crippen molar-refractivity contribution in [2.45, 2.75) is 57.1 Å². The number of benzene rings is 4. The second-order valence-electron chi connectivity index (χ2n) is 10.8. The zero-order valence-corrected chi connectivity index (χ0v) is 26.0. The SMILES string of the molecule is CC[C@H](C)NC(=O)[C@@H](Cc1ccccc1)N(Cc1ccccc1)C(=O)CN(c1ccc(F)cc1)S(=O)(=O)c1ccc(C)cc1. The lowest BCUT2D eigenvalue weighted by atomic mass is 10.0. The Morgan fingerprint density at radius 2 is 1.39 bits per heavy atom. The van der Waals surface area contributed by atoms with Crippen LogP contribution in [-0.4, -0.2) is 43.8 Å². The van der Waals surface area contributed by atoms with Gasteiger partial charge in [0.2, 0.25) is 11.8 Å². The molecule has 2 amide bonds. The number of nitrogens with zero attached hydrogens (tertiary/aromatic N) is 2. The third-order valence-corrected chi connectivity index (χ3v) is 9.26. The highest BCUT2D eigenvalue weighted by atomic mass is 32.2. The summed E-state index contributed by atoms with van der Waals surface area (Å²) >= 11 is 0. The maximum absolute atomic E-state index is 14.4. The Morgan fingerprint density at radius 1 is 0.818 bits per heavy atom. The van der Waals surface area contributed by atoms with Gasteiger partial charge in [0.25, 0.3) is 10.0 Å². The lowest BCUT2D eigenvalue weighted by molar-refractivity contribution is -0.140. The van der Waals surface area contributed by atoms with Crippen molar-refractivity contribution >= 4 is 27.5 Å². The van der Waals surface area contributed by atoms with Gasteiger partial charge in [0.1, 0.15) is 18.4 Å². The van der Waals surface area contributed by atoms with Crippen molar-refractivity contribution in [3.63, 3.8) is 0 Å². The van der Waals surface area contributed by atoms with Crippen LogP contribution in [-0.2, 0) is 32.6 Å².